The van der Waals surface area contributed by atoms with E-state index in [9.17, 15) is 9.59 Å². The third kappa shape index (κ3) is 4.54. The van der Waals surface area contributed by atoms with E-state index in [1.807, 2.05) is 0 Å². The Hall–Kier alpha value is -2.47. The summed E-state index contributed by atoms with van der Waals surface area (Å²) in [6, 6.07) is 10.3. The van der Waals surface area contributed by atoms with E-state index in [1.165, 1.54) is 0 Å². The molecule has 3 N–H and O–H groups in total. The van der Waals surface area contributed by atoms with E-state index in [-0.39, 0.29) is 18.9 Å². The molecule has 0 saturated heterocycles. The summed E-state index contributed by atoms with van der Waals surface area (Å²) in [5.74, 6) is -0.260. The summed E-state index contributed by atoms with van der Waals surface area (Å²) in [5.41, 5.74) is 4.96. The first-order valence-electron chi connectivity index (χ1n) is 6.26. The lowest BCUT2D eigenvalue weighted by Gasteiger charge is -2.08. The number of nitrogens with one attached hydrogen (secondary N) is 3. The fourth-order valence-corrected chi connectivity index (χ4v) is 1.73. The van der Waals surface area contributed by atoms with Crippen LogP contribution in [0.15, 0.2) is 42.6 Å². The number of rotatable bonds is 5. The summed E-state index contributed by atoms with van der Waals surface area (Å²) in [4.78, 5) is 25.8. The molecule has 0 aliphatic carbocycles. The second-order valence-corrected chi connectivity index (χ2v) is 4.52. The maximum atomic E-state index is 11.5. The number of halogens is 1. The fraction of sp³-hybridized carbons (Fsp3) is 0.143. The Balaban J connectivity index is 1.68. The van der Waals surface area contributed by atoms with Crippen LogP contribution < -0.4 is 15.6 Å². The number of hydrogen-bond donors (Lipinski definition) is 3. The number of para-hydroxylation sites is 1. The van der Waals surface area contributed by atoms with Crippen LogP contribution in [0.2, 0.25) is 5.02 Å². The highest BCUT2D eigenvalue weighted by Crippen LogP contribution is 2.22. The van der Waals surface area contributed by atoms with Crippen molar-refractivity contribution >= 4 is 23.4 Å². The number of carbonyl (C=O) groups excluding carboxylic acids is 2. The Morgan fingerprint density at radius 2 is 1.95 bits per heavy atom. The highest BCUT2D eigenvalue weighted by atomic mass is 35.5. The van der Waals surface area contributed by atoms with Gasteiger partial charge in [0.2, 0.25) is 5.91 Å². The number of benzene rings is 1. The van der Waals surface area contributed by atoms with Gasteiger partial charge in [0.05, 0.1) is 18.1 Å². The average Bonchev–Trinajstić information content (AvgIpc) is 3.01. The molecule has 2 rings (SSSR count). The molecule has 6 nitrogen and oxygen atoms in total. The van der Waals surface area contributed by atoms with Crippen LogP contribution in [-0.2, 0) is 4.79 Å². The molecule has 1 aromatic heterocycles. The number of ether oxygens (including phenoxy) is 1. The highest BCUT2D eigenvalue weighted by molar-refractivity contribution is 6.32. The molecule has 0 unspecified atom stereocenters. The molecular weight excluding hydrogens is 294 g/mol. The summed E-state index contributed by atoms with van der Waals surface area (Å²) in [7, 11) is 0. The third-order valence-electron chi connectivity index (χ3n) is 2.58. The predicted molar refractivity (Wildman–Crippen MR) is 78.0 cm³/mol. The van der Waals surface area contributed by atoms with Crippen LogP contribution >= 0.6 is 11.6 Å². The molecule has 0 spiro atoms. The molecule has 110 valence electrons. The van der Waals surface area contributed by atoms with Crippen molar-refractivity contribution in [1.29, 1.82) is 0 Å². The summed E-state index contributed by atoms with van der Waals surface area (Å²) in [6.07, 6.45) is 1.71. The minimum atomic E-state index is -0.416. The van der Waals surface area contributed by atoms with Crippen molar-refractivity contribution < 1.29 is 14.3 Å². The van der Waals surface area contributed by atoms with Gasteiger partial charge in [-0.1, -0.05) is 23.7 Å². The van der Waals surface area contributed by atoms with Gasteiger partial charge in [0, 0.05) is 6.20 Å². The van der Waals surface area contributed by atoms with Gasteiger partial charge in [0.25, 0.3) is 5.91 Å². The first kappa shape index (κ1) is 14.9. The average molecular weight is 308 g/mol. The monoisotopic (exact) mass is 307 g/mol. The van der Waals surface area contributed by atoms with Gasteiger partial charge in [0.1, 0.15) is 11.4 Å². The lowest BCUT2D eigenvalue weighted by Crippen LogP contribution is -2.42. The van der Waals surface area contributed by atoms with Crippen LogP contribution in [0.3, 0.4) is 0 Å². The second-order valence-electron chi connectivity index (χ2n) is 4.11. The highest BCUT2D eigenvalue weighted by Gasteiger charge is 2.08. The Morgan fingerprint density at radius 1 is 1.14 bits per heavy atom. The normalized spacial score (nSPS) is 9.95. The Bertz CT molecular complexity index is 614. The number of aromatic amines is 1. The van der Waals surface area contributed by atoms with Crippen molar-refractivity contribution in [2.75, 3.05) is 6.61 Å². The molecule has 2 amide bonds. The van der Waals surface area contributed by atoms with Crippen molar-refractivity contribution in [3.05, 3.63) is 53.3 Å². The third-order valence-corrected chi connectivity index (χ3v) is 2.89. The molecule has 0 saturated carbocycles. The van der Waals surface area contributed by atoms with Crippen LogP contribution in [0, 0.1) is 0 Å². The van der Waals surface area contributed by atoms with Gasteiger partial charge >= 0.3 is 0 Å². The van der Waals surface area contributed by atoms with Gasteiger partial charge in [-0.3, -0.25) is 20.4 Å². The quantitative estimate of drug-likeness (QED) is 0.738. The molecule has 0 radical (unpaired) electrons. The van der Waals surface area contributed by atoms with E-state index < -0.39 is 5.91 Å². The van der Waals surface area contributed by atoms with Gasteiger partial charge in [-0.05, 0) is 24.3 Å². The van der Waals surface area contributed by atoms with Gasteiger partial charge in [-0.15, -0.1) is 0 Å². The number of hydrazine groups is 1. The number of hydrogen-bond acceptors (Lipinski definition) is 3. The van der Waals surface area contributed by atoms with Gasteiger partial charge in [-0.2, -0.15) is 0 Å². The Morgan fingerprint density at radius 3 is 2.67 bits per heavy atom. The standard InChI is InChI=1S/C14H14ClN3O3/c15-10-4-1-2-6-12(10)21-9-7-13(19)17-18-14(20)11-5-3-8-16-11/h1-6,8,16H,7,9H2,(H,17,19)(H,18,20). The molecule has 7 heteroatoms. The zero-order chi connectivity index (χ0) is 15.1. The lowest BCUT2D eigenvalue weighted by atomic mass is 10.3. The molecule has 0 aliphatic rings. The topological polar surface area (TPSA) is 83.2 Å². The molecule has 0 bridgehead atoms. The maximum Gasteiger partial charge on any atom is 0.286 e. The molecule has 0 fully saturated rings. The zero-order valence-corrected chi connectivity index (χ0v) is 11.8. The molecule has 2 aromatic rings. The number of carbonyl (C=O) groups is 2. The van der Waals surface area contributed by atoms with Gasteiger partial charge in [-0.25, -0.2) is 0 Å². The van der Waals surface area contributed by atoms with Crippen molar-refractivity contribution in [3.63, 3.8) is 0 Å². The number of aromatic nitrogens is 1. The first-order chi connectivity index (χ1) is 10.2. The van der Waals surface area contributed by atoms with Crippen molar-refractivity contribution in [3.8, 4) is 5.75 Å². The van der Waals surface area contributed by atoms with Crippen LogP contribution in [0.5, 0.6) is 5.75 Å². The van der Waals surface area contributed by atoms with Crippen molar-refractivity contribution in [2.45, 2.75) is 6.42 Å². The minimum Gasteiger partial charge on any atom is -0.491 e. The maximum absolute atomic E-state index is 11.5. The molecular formula is C14H14ClN3O3. The smallest absolute Gasteiger partial charge is 0.286 e. The molecule has 1 aromatic carbocycles. The summed E-state index contributed by atoms with van der Waals surface area (Å²) in [6.45, 7) is 0.161. The molecule has 1 heterocycles. The van der Waals surface area contributed by atoms with Crippen LogP contribution in [-0.4, -0.2) is 23.4 Å². The lowest BCUT2D eigenvalue weighted by molar-refractivity contribution is -0.122. The van der Waals surface area contributed by atoms with E-state index in [0.717, 1.165) is 0 Å². The second kappa shape index (κ2) is 7.35. The largest absolute Gasteiger partial charge is 0.491 e. The van der Waals surface area contributed by atoms with E-state index in [2.05, 4.69) is 15.8 Å². The molecule has 21 heavy (non-hydrogen) atoms. The predicted octanol–water partition coefficient (Wildman–Crippen LogP) is 1.90. The summed E-state index contributed by atoms with van der Waals surface area (Å²) in [5, 5.41) is 0.484. The zero-order valence-electron chi connectivity index (χ0n) is 11.1. The Labute approximate surface area is 126 Å². The molecule has 0 atom stereocenters. The van der Waals surface area contributed by atoms with Gasteiger partial charge in [0.15, 0.2) is 0 Å². The van der Waals surface area contributed by atoms with Crippen LogP contribution in [0.4, 0.5) is 0 Å². The number of amides is 2. The SMILES string of the molecule is O=C(CCOc1ccccc1Cl)NNC(=O)c1ccc[nH]1. The van der Waals surface area contributed by atoms with Crippen molar-refractivity contribution in [2.24, 2.45) is 0 Å². The minimum absolute atomic E-state index is 0.0935. The van der Waals surface area contributed by atoms with E-state index in [4.69, 9.17) is 16.3 Å². The van der Waals surface area contributed by atoms with Gasteiger partial charge < -0.3 is 9.72 Å². The van der Waals surface area contributed by atoms with Crippen molar-refractivity contribution in [1.82, 2.24) is 15.8 Å². The summed E-state index contributed by atoms with van der Waals surface area (Å²) >= 11 is 5.91. The Kier molecular flexibility index (Phi) is 5.22. The fourth-order valence-electron chi connectivity index (χ4n) is 1.54. The number of H-pyrrole nitrogens is 1. The van der Waals surface area contributed by atoms with Crippen LogP contribution in [0.1, 0.15) is 16.9 Å². The first-order valence-corrected chi connectivity index (χ1v) is 6.64. The van der Waals surface area contributed by atoms with E-state index >= 15 is 0 Å². The van der Waals surface area contributed by atoms with E-state index in [0.29, 0.717) is 16.5 Å². The summed E-state index contributed by atoms with van der Waals surface area (Å²) < 4.78 is 5.37. The van der Waals surface area contributed by atoms with E-state index in [1.54, 1.807) is 42.6 Å². The molecule has 0 aliphatic heterocycles. The van der Waals surface area contributed by atoms with Crippen LogP contribution in [0.25, 0.3) is 0 Å².